The van der Waals surface area contributed by atoms with E-state index in [9.17, 15) is 14.4 Å². The topological polar surface area (TPSA) is 90.5 Å². The van der Waals surface area contributed by atoms with Gasteiger partial charge in [0.05, 0.1) is 11.9 Å². The van der Waals surface area contributed by atoms with E-state index < -0.39 is 18.1 Å². The van der Waals surface area contributed by atoms with Crippen molar-refractivity contribution in [3.8, 4) is 0 Å². The zero-order valence-electron chi connectivity index (χ0n) is 18.8. The number of nitrogens with zero attached hydrogens (tertiary/aromatic N) is 1. The molecular formula is C23H31ClN4O3S. The highest BCUT2D eigenvalue weighted by atomic mass is 35.5. The van der Waals surface area contributed by atoms with E-state index in [-0.39, 0.29) is 36.0 Å². The Hall–Kier alpha value is -2.29. The van der Waals surface area contributed by atoms with Crippen molar-refractivity contribution >= 4 is 58.4 Å². The average molecular weight is 479 g/mol. The molecule has 0 spiro atoms. The lowest BCUT2D eigenvalue weighted by Gasteiger charge is -2.30. The number of hydrogen-bond donors (Lipinski definition) is 3. The maximum Gasteiger partial charge on any atom is 0.248 e. The summed E-state index contributed by atoms with van der Waals surface area (Å²) >= 11 is 1.54. The van der Waals surface area contributed by atoms with Crippen LogP contribution < -0.4 is 16.0 Å². The van der Waals surface area contributed by atoms with E-state index in [1.54, 1.807) is 18.9 Å². The minimum Gasteiger partial charge on any atom is -0.343 e. The second kappa shape index (κ2) is 11.5. The molecule has 0 aromatic heterocycles. The number of halogens is 1. The Bertz CT molecular complexity index is 966. The maximum absolute atomic E-state index is 13.3. The van der Waals surface area contributed by atoms with E-state index in [4.69, 9.17) is 0 Å². The first-order valence-electron chi connectivity index (χ1n) is 10.5. The van der Waals surface area contributed by atoms with Crippen LogP contribution in [0.4, 0.5) is 5.69 Å². The molecule has 2 aromatic rings. The Kier molecular flexibility index (Phi) is 9.36. The predicted molar refractivity (Wildman–Crippen MR) is 133 cm³/mol. The van der Waals surface area contributed by atoms with Crippen molar-refractivity contribution in [2.24, 2.45) is 5.92 Å². The standard InChI is InChI=1S/C23H30N4O3S.ClH/c1-14(2)20(26-21(28)15(3)24-4)23(30)27-13-31-12-19(27)22(29)25-18-11-7-9-16-8-5-6-10-17(16)18;/h5-11,14-15,19-20,24H,12-13H2,1-4H3,(H,25,29)(H,26,28);1H/t15-,19-,20-;/m0./s1. The summed E-state index contributed by atoms with van der Waals surface area (Å²) in [7, 11) is 1.70. The Labute approximate surface area is 199 Å². The van der Waals surface area contributed by atoms with Crippen LogP contribution in [0.5, 0.6) is 0 Å². The number of carbonyl (C=O) groups excluding carboxylic acids is 3. The number of hydrogen-bond acceptors (Lipinski definition) is 5. The minimum absolute atomic E-state index is 0. The van der Waals surface area contributed by atoms with Gasteiger partial charge in [-0.1, -0.05) is 50.2 Å². The van der Waals surface area contributed by atoms with Crippen molar-refractivity contribution in [3.05, 3.63) is 42.5 Å². The van der Waals surface area contributed by atoms with E-state index in [1.807, 2.05) is 56.3 Å². The first-order valence-corrected chi connectivity index (χ1v) is 11.6. The van der Waals surface area contributed by atoms with Crippen LogP contribution in [-0.4, -0.2) is 59.4 Å². The number of rotatable bonds is 7. The van der Waals surface area contributed by atoms with Gasteiger partial charge < -0.3 is 20.9 Å². The van der Waals surface area contributed by atoms with Gasteiger partial charge in [-0.15, -0.1) is 24.2 Å². The van der Waals surface area contributed by atoms with E-state index in [0.29, 0.717) is 11.6 Å². The fraction of sp³-hybridized carbons (Fsp3) is 0.435. The van der Waals surface area contributed by atoms with Crippen molar-refractivity contribution in [2.45, 2.75) is 38.9 Å². The molecule has 1 heterocycles. The molecule has 1 fully saturated rings. The van der Waals surface area contributed by atoms with Crippen molar-refractivity contribution in [2.75, 3.05) is 24.0 Å². The van der Waals surface area contributed by atoms with Crippen LogP contribution in [0.15, 0.2) is 42.5 Å². The Balaban J connectivity index is 0.00000363. The molecule has 174 valence electrons. The van der Waals surface area contributed by atoms with Crippen LogP contribution in [0, 0.1) is 5.92 Å². The minimum atomic E-state index is -0.685. The lowest BCUT2D eigenvalue weighted by Crippen LogP contribution is -2.57. The molecule has 0 unspecified atom stereocenters. The molecule has 32 heavy (non-hydrogen) atoms. The molecular weight excluding hydrogens is 448 g/mol. The summed E-state index contributed by atoms with van der Waals surface area (Å²) in [6.07, 6.45) is 0. The fourth-order valence-corrected chi connectivity index (χ4v) is 4.69. The Morgan fingerprint density at radius 1 is 1.06 bits per heavy atom. The van der Waals surface area contributed by atoms with Crippen LogP contribution in [0.3, 0.4) is 0 Å². The van der Waals surface area contributed by atoms with E-state index in [0.717, 1.165) is 16.5 Å². The van der Waals surface area contributed by atoms with Crippen molar-refractivity contribution < 1.29 is 14.4 Å². The molecule has 9 heteroatoms. The van der Waals surface area contributed by atoms with Gasteiger partial charge in [-0.25, -0.2) is 0 Å². The monoisotopic (exact) mass is 478 g/mol. The zero-order chi connectivity index (χ0) is 22.5. The summed E-state index contributed by atoms with van der Waals surface area (Å²) in [6, 6.07) is 11.9. The number of likely N-dealkylation sites (N-methyl/N-ethyl adjacent to an activating group) is 1. The number of amides is 3. The molecule has 3 amide bonds. The SMILES string of the molecule is CN[C@@H](C)C(=O)N[C@H](C(=O)N1CSC[C@H]1C(=O)Nc1cccc2ccccc12)C(C)C.Cl. The van der Waals surface area contributed by atoms with Gasteiger partial charge >= 0.3 is 0 Å². The third-order valence-electron chi connectivity index (χ3n) is 5.57. The highest BCUT2D eigenvalue weighted by Gasteiger charge is 2.39. The zero-order valence-corrected chi connectivity index (χ0v) is 20.4. The lowest BCUT2D eigenvalue weighted by molar-refractivity contribution is -0.141. The van der Waals surface area contributed by atoms with E-state index in [2.05, 4.69) is 16.0 Å². The number of nitrogens with one attached hydrogen (secondary N) is 3. The van der Waals surface area contributed by atoms with Gasteiger partial charge in [0.1, 0.15) is 12.1 Å². The number of thioether (sulfide) groups is 1. The second-order valence-electron chi connectivity index (χ2n) is 8.08. The van der Waals surface area contributed by atoms with Crippen molar-refractivity contribution in [1.82, 2.24) is 15.5 Å². The third kappa shape index (κ3) is 5.74. The quantitative estimate of drug-likeness (QED) is 0.569. The molecule has 2 aromatic carbocycles. The van der Waals surface area contributed by atoms with Gasteiger partial charge in [-0.2, -0.15) is 0 Å². The second-order valence-corrected chi connectivity index (χ2v) is 9.08. The number of benzene rings is 2. The number of anilines is 1. The fourth-order valence-electron chi connectivity index (χ4n) is 3.53. The molecule has 1 aliphatic heterocycles. The summed E-state index contributed by atoms with van der Waals surface area (Å²) in [5.74, 6) is 0.161. The third-order valence-corrected chi connectivity index (χ3v) is 6.58. The Morgan fingerprint density at radius 2 is 1.75 bits per heavy atom. The number of carbonyl (C=O) groups is 3. The van der Waals surface area contributed by atoms with E-state index >= 15 is 0 Å². The van der Waals surface area contributed by atoms with Crippen LogP contribution >= 0.6 is 24.2 Å². The van der Waals surface area contributed by atoms with Gasteiger partial charge in [0.25, 0.3) is 0 Å². The van der Waals surface area contributed by atoms with Crippen molar-refractivity contribution in [1.29, 1.82) is 0 Å². The molecule has 3 N–H and O–H groups in total. The number of fused-ring (bicyclic) bond motifs is 1. The van der Waals surface area contributed by atoms with Gasteiger partial charge in [0.2, 0.25) is 17.7 Å². The van der Waals surface area contributed by atoms with Gasteiger partial charge in [-0.3, -0.25) is 14.4 Å². The molecule has 1 saturated heterocycles. The normalized spacial score (nSPS) is 17.5. The first-order chi connectivity index (χ1) is 14.8. The summed E-state index contributed by atoms with van der Waals surface area (Å²) in [5.41, 5.74) is 0.726. The highest BCUT2D eigenvalue weighted by Crippen LogP contribution is 2.27. The first kappa shape index (κ1) is 26.0. The van der Waals surface area contributed by atoms with Gasteiger partial charge in [-0.05, 0) is 31.3 Å². The summed E-state index contributed by atoms with van der Waals surface area (Å²) < 4.78 is 0. The van der Waals surface area contributed by atoms with Crippen molar-refractivity contribution in [3.63, 3.8) is 0 Å². The lowest BCUT2D eigenvalue weighted by atomic mass is 10.0. The van der Waals surface area contributed by atoms with Crippen LogP contribution in [0.2, 0.25) is 0 Å². The molecule has 3 rings (SSSR count). The molecule has 3 atom stereocenters. The average Bonchev–Trinajstić information content (AvgIpc) is 3.26. The summed E-state index contributed by atoms with van der Waals surface area (Å²) in [4.78, 5) is 40.4. The molecule has 7 nitrogen and oxygen atoms in total. The molecule has 1 aliphatic rings. The summed E-state index contributed by atoms with van der Waals surface area (Å²) in [5, 5.41) is 10.7. The summed E-state index contributed by atoms with van der Waals surface area (Å²) in [6.45, 7) is 5.52. The highest BCUT2D eigenvalue weighted by molar-refractivity contribution is 7.99. The molecule has 0 saturated carbocycles. The smallest absolute Gasteiger partial charge is 0.248 e. The largest absolute Gasteiger partial charge is 0.343 e. The predicted octanol–water partition coefficient (Wildman–Crippen LogP) is 2.85. The van der Waals surface area contributed by atoms with Crippen LogP contribution in [0.25, 0.3) is 10.8 Å². The molecule has 0 bridgehead atoms. The van der Waals surface area contributed by atoms with Crippen LogP contribution in [-0.2, 0) is 14.4 Å². The van der Waals surface area contributed by atoms with Crippen LogP contribution in [0.1, 0.15) is 20.8 Å². The molecule has 0 aliphatic carbocycles. The van der Waals surface area contributed by atoms with Gasteiger partial charge in [0, 0.05) is 16.8 Å². The van der Waals surface area contributed by atoms with Gasteiger partial charge in [0.15, 0.2) is 0 Å². The molecule has 0 radical (unpaired) electrons. The maximum atomic E-state index is 13.3. The Morgan fingerprint density at radius 3 is 2.44 bits per heavy atom. The van der Waals surface area contributed by atoms with E-state index in [1.165, 1.54) is 11.8 Å².